The molecule has 0 N–H and O–H groups in total. The number of nitrogens with zero attached hydrogens (tertiary/aromatic N) is 6. The Balaban J connectivity index is 1.74. The van der Waals surface area contributed by atoms with Crippen molar-refractivity contribution in [1.82, 2.24) is 24.3 Å². The fourth-order valence-corrected chi connectivity index (χ4v) is 4.65. The Kier molecular flexibility index (Phi) is 7.31. The lowest BCUT2D eigenvalue weighted by atomic mass is 10.0. The van der Waals surface area contributed by atoms with Gasteiger partial charge in [-0.05, 0) is 80.7 Å². The smallest absolute Gasteiger partial charge is 0.406 e. The zero-order valence-electron chi connectivity index (χ0n) is 19.1. The molecule has 3 heterocycles. The van der Waals surface area contributed by atoms with Gasteiger partial charge in [0.1, 0.15) is 22.3 Å². The van der Waals surface area contributed by atoms with Crippen LogP contribution in [0.3, 0.4) is 0 Å². The van der Waals surface area contributed by atoms with E-state index in [4.69, 9.17) is 4.74 Å². The summed E-state index contributed by atoms with van der Waals surface area (Å²) in [6.07, 6.45) is 4.29. The molecule has 4 rings (SSSR count). The van der Waals surface area contributed by atoms with Gasteiger partial charge < -0.3 is 19.4 Å². The van der Waals surface area contributed by atoms with Crippen molar-refractivity contribution in [1.29, 1.82) is 0 Å². The Morgan fingerprint density at radius 2 is 2.03 bits per heavy atom. The number of benzene rings is 1. The van der Waals surface area contributed by atoms with E-state index < -0.39 is 22.7 Å². The first kappa shape index (κ1) is 25.0. The standard InChI is InChI=1S/C23H21Br2FN6O3/c1-4-31-21(25)15(9-28-31)12-30-11-13(2)29-22(30)18-6-5-17(26)8-19(18)14(3)35-20-7-16(24)10-27-23(20)32(33)34/h5-11,14H,4,12H2,1-3H3. The number of pyridine rings is 1. The highest BCUT2D eigenvalue weighted by molar-refractivity contribution is 9.10. The van der Waals surface area contributed by atoms with Gasteiger partial charge in [0.2, 0.25) is 5.75 Å². The number of aryl methyl sites for hydroxylation is 2. The summed E-state index contributed by atoms with van der Waals surface area (Å²) < 4.78 is 25.5. The summed E-state index contributed by atoms with van der Waals surface area (Å²) in [7, 11) is 0. The van der Waals surface area contributed by atoms with Crippen molar-refractivity contribution in [2.75, 3.05) is 0 Å². The maximum Gasteiger partial charge on any atom is 0.406 e. The minimum absolute atomic E-state index is 0.0254. The van der Waals surface area contributed by atoms with Crippen molar-refractivity contribution in [3.8, 4) is 17.1 Å². The van der Waals surface area contributed by atoms with Crippen LogP contribution in [0.15, 0.2) is 51.9 Å². The number of halogens is 3. The molecule has 0 radical (unpaired) electrons. The van der Waals surface area contributed by atoms with Crippen molar-refractivity contribution in [3.63, 3.8) is 0 Å². The van der Waals surface area contributed by atoms with Crippen LogP contribution in [0.1, 0.15) is 36.8 Å². The molecule has 35 heavy (non-hydrogen) atoms. The minimum atomic E-state index is -0.740. The molecule has 0 aliphatic heterocycles. The second kappa shape index (κ2) is 10.2. The first-order valence-corrected chi connectivity index (χ1v) is 12.3. The Labute approximate surface area is 217 Å². The van der Waals surface area contributed by atoms with Crippen LogP contribution in [-0.2, 0) is 13.1 Å². The van der Waals surface area contributed by atoms with Crippen molar-refractivity contribution < 1.29 is 14.1 Å². The average molecular weight is 608 g/mol. The van der Waals surface area contributed by atoms with Crippen molar-refractivity contribution in [2.24, 2.45) is 0 Å². The third-order valence-corrected chi connectivity index (χ3v) is 6.70. The van der Waals surface area contributed by atoms with Gasteiger partial charge in [-0.25, -0.2) is 9.37 Å². The third kappa shape index (κ3) is 5.27. The fourth-order valence-electron chi connectivity index (χ4n) is 3.77. The molecule has 1 aromatic carbocycles. The van der Waals surface area contributed by atoms with Crippen LogP contribution in [0.2, 0.25) is 0 Å². The van der Waals surface area contributed by atoms with E-state index >= 15 is 0 Å². The largest absolute Gasteiger partial charge is 0.478 e. The number of hydrogen-bond donors (Lipinski definition) is 0. The van der Waals surface area contributed by atoms with Crippen molar-refractivity contribution in [3.05, 3.63) is 84.7 Å². The summed E-state index contributed by atoms with van der Waals surface area (Å²) in [5.74, 6) is -0.288. The lowest BCUT2D eigenvalue weighted by molar-refractivity contribution is -0.390. The topological polar surface area (TPSA) is 101 Å². The molecule has 1 atom stereocenters. The molecule has 1 unspecified atom stereocenters. The van der Waals surface area contributed by atoms with E-state index in [1.165, 1.54) is 24.4 Å². The van der Waals surface area contributed by atoms with Gasteiger partial charge in [0.15, 0.2) is 6.20 Å². The highest BCUT2D eigenvalue weighted by Crippen LogP contribution is 2.35. The third-order valence-electron chi connectivity index (χ3n) is 5.35. The number of ether oxygens (including phenoxy) is 1. The average Bonchev–Trinajstić information content (AvgIpc) is 3.35. The highest BCUT2D eigenvalue weighted by Gasteiger charge is 2.24. The SMILES string of the molecule is CCn1ncc(Cn2cc(C)nc2-c2ccc(F)cc2C(C)Oc2cc(Br)cnc2[N+](=O)[O-])c1Br. The van der Waals surface area contributed by atoms with Crippen molar-refractivity contribution in [2.45, 2.75) is 40.0 Å². The van der Waals surface area contributed by atoms with E-state index in [9.17, 15) is 14.5 Å². The number of imidazole rings is 1. The molecule has 0 aliphatic rings. The molecule has 0 saturated heterocycles. The minimum Gasteiger partial charge on any atom is -0.478 e. The number of nitro groups is 1. The Morgan fingerprint density at radius 1 is 1.26 bits per heavy atom. The molecule has 0 fully saturated rings. The number of rotatable bonds is 8. The number of aromatic nitrogens is 5. The van der Waals surface area contributed by atoms with Gasteiger partial charge in [0.05, 0.1) is 22.9 Å². The van der Waals surface area contributed by atoms with Crippen LogP contribution in [0.25, 0.3) is 11.4 Å². The van der Waals surface area contributed by atoms with Crippen LogP contribution in [0.4, 0.5) is 10.2 Å². The van der Waals surface area contributed by atoms with Crippen molar-refractivity contribution >= 4 is 37.7 Å². The van der Waals surface area contributed by atoms with E-state index in [2.05, 4.69) is 46.9 Å². The summed E-state index contributed by atoms with van der Waals surface area (Å²) in [6, 6.07) is 5.82. The van der Waals surface area contributed by atoms with E-state index in [0.29, 0.717) is 28.0 Å². The predicted molar refractivity (Wildman–Crippen MR) is 135 cm³/mol. The Hall–Kier alpha value is -3.12. The molecule has 9 nitrogen and oxygen atoms in total. The molecule has 0 amide bonds. The van der Waals surface area contributed by atoms with E-state index in [1.807, 2.05) is 29.3 Å². The van der Waals surface area contributed by atoms with Gasteiger partial charge in [-0.3, -0.25) is 4.68 Å². The molecule has 4 aromatic rings. The highest BCUT2D eigenvalue weighted by atomic mass is 79.9. The molecule has 0 spiro atoms. The first-order valence-electron chi connectivity index (χ1n) is 10.7. The molecule has 12 heteroatoms. The second-order valence-corrected chi connectivity index (χ2v) is 9.50. The lowest BCUT2D eigenvalue weighted by Crippen LogP contribution is -2.10. The molecule has 182 valence electrons. The Bertz CT molecular complexity index is 1400. The summed E-state index contributed by atoms with van der Waals surface area (Å²) >= 11 is 6.86. The van der Waals surface area contributed by atoms with Crippen LogP contribution >= 0.6 is 31.9 Å². The van der Waals surface area contributed by atoms with Gasteiger partial charge in [-0.2, -0.15) is 5.10 Å². The lowest BCUT2D eigenvalue weighted by Gasteiger charge is -2.19. The van der Waals surface area contributed by atoms with Gasteiger partial charge in [0, 0.05) is 35.5 Å². The van der Waals surface area contributed by atoms with Crippen LogP contribution in [-0.4, -0.2) is 29.2 Å². The fraction of sp³-hybridized carbons (Fsp3) is 0.261. The summed E-state index contributed by atoms with van der Waals surface area (Å²) in [6.45, 7) is 6.80. The van der Waals surface area contributed by atoms with E-state index in [-0.39, 0.29) is 5.75 Å². The zero-order valence-corrected chi connectivity index (χ0v) is 22.2. The zero-order chi connectivity index (χ0) is 25.3. The molecule has 0 saturated carbocycles. The quantitative estimate of drug-likeness (QED) is 0.174. The molecule has 0 bridgehead atoms. The molecule has 3 aromatic heterocycles. The number of hydrogen-bond acceptors (Lipinski definition) is 6. The second-order valence-electron chi connectivity index (χ2n) is 7.83. The van der Waals surface area contributed by atoms with Crippen LogP contribution in [0, 0.1) is 22.9 Å². The molecular weight excluding hydrogens is 587 g/mol. The summed E-state index contributed by atoms with van der Waals surface area (Å²) in [4.78, 5) is 19.3. The van der Waals surface area contributed by atoms with E-state index in [1.54, 1.807) is 19.2 Å². The van der Waals surface area contributed by atoms with Gasteiger partial charge in [0.25, 0.3) is 0 Å². The normalized spacial score (nSPS) is 12.1. The van der Waals surface area contributed by atoms with Gasteiger partial charge >= 0.3 is 5.82 Å². The predicted octanol–water partition coefficient (Wildman–Crippen LogP) is 6.23. The molecular formula is C23H21Br2FN6O3. The maximum atomic E-state index is 14.4. The van der Waals surface area contributed by atoms with Crippen LogP contribution in [0.5, 0.6) is 5.75 Å². The summed E-state index contributed by atoms with van der Waals surface area (Å²) in [5.41, 5.74) is 2.90. The Morgan fingerprint density at radius 3 is 2.71 bits per heavy atom. The van der Waals surface area contributed by atoms with E-state index in [0.717, 1.165) is 22.4 Å². The van der Waals surface area contributed by atoms with Gasteiger partial charge in [-0.15, -0.1) is 0 Å². The summed E-state index contributed by atoms with van der Waals surface area (Å²) in [5, 5.41) is 15.8. The maximum absolute atomic E-state index is 14.4. The monoisotopic (exact) mass is 606 g/mol. The first-order chi connectivity index (χ1) is 16.7. The molecule has 0 aliphatic carbocycles. The van der Waals surface area contributed by atoms with Gasteiger partial charge in [-0.1, -0.05) is 0 Å². The van der Waals surface area contributed by atoms with Crippen LogP contribution < -0.4 is 4.74 Å².